The average molecular weight is 191 g/mol. The van der Waals surface area contributed by atoms with Crippen LogP contribution in [0.4, 0.5) is 0 Å². The molecule has 14 heavy (non-hydrogen) atoms. The van der Waals surface area contributed by atoms with E-state index in [1.807, 2.05) is 12.1 Å². The SMILES string of the molecule is NCCc1cccc(C(O)C2CC2)c1. The standard InChI is InChI=1S/C12H17NO/c13-7-6-9-2-1-3-11(8-9)12(14)10-4-5-10/h1-3,8,10,12,14H,4-7,13H2. The molecule has 0 amide bonds. The summed E-state index contributed by atoms with van der Waals surface area (Å²) in [7, 11) is 0. The molecular weight excluding hydrogens is 174 g/mol. The van der Waals surface area contributed by atoms with E-state index in [4.69, 9.17) is 5.73 Å². The second-order valence-corrected chi connectivity index (χ2v) is 4.07. The quantitative estimate of drug-likeness (QED) is 0.760. The van der Waals surface area contributed by atoms with Crippen LogP contribution in [0.2, 0.25) is 0 Å². The van der Waals surface area contributed by atoms with E-state index in [0.29, 0.717) is 12.5 Å². The Bertz CT molecular complexity index is 307. The largest absolute Gasteiger partial charge is 0.388 e. The molecule has 0 spiro atoms. The molecule has 0 aliphatic heterocycles. The summed E-state index contributed by atoms with van der Waals surface area (Å²) < 4.78 is 0. The van der Waals surface area contributed by atoms with Crippen LogP contribution in [0.5, 0.6) is 0 Å². The van der Waals surface area contributed by atoms with Crippen LogP contribution >= 0.6 is 0 Å². The Hall–Kier alpha value is -0.860. The molecule has 2 nitrogen and oxygen atoms in total. The normalized spacial score (nSPS) is 18.1. The molecule has 1 aliphatic rings. The first-order chi connectivity index (χ1) is 6.81. The smallest absolute Gasteiger partial charge is 0.0818 e. The van der Waals surface area contributed by atoms with Crippen molar-refractivity contribution in [1.29, 1.82) is 0 Å². The van der Waals surface area contributed by atoms with Crippen molar-refractivity contribution in [1.82, 2.24) is 0 Å². The second kappa shape index (κ2) is 4.11. The fourth-order valence-electron chi connectivity index (χ4n) is 1.78. The third-order valence-electron chi connectivity index (χ3n) is 2.79. The molecule has 0 aromatic heterocycles. The third kappa shape index (κ3) is 2.14. The molecule has 1 aromatic carbocycles. The fourth-order valence-corrected chi connectivity index (χ4v) is 1.78. The summed E-state index contributed by atoms with van der Waals surface area (Å²) in [5, 5.41) is 9.92. The molecule has 3 N–H and O–H groups in total. The van der Waals surface area contributed by atoms with Crippen LogP contribution in [0.3, 0.4) is 0 Å². The molecule has 1 aromatic rings. The zero-order valence-electron chi connectivity index (χ0n) is 8.32. The first kappa shape index (κ1) is 9.69. The lowest BCUT2D eigenvalue weighted by molar-refractivity contribution is 0.154. The van der Waals surface area contributed by atoms with Gasteiger partial charge >= 0.3 is 0 Å². The highest BCUT2D eigenvalue weighted by Crippen LogP contribution is 2.40. The molecule has 0 radical (unpaired) electrons. The minimum Gasteiger partial charge on any atom is -0.388 e. The molecule has 0 heterocycles. The summed E-state index contributed by atoms with van der Waals surface area (Å²) in [5.41, 5.74) is 7.78. The van der Waals surface area contributed by atoms with E-state index in [2.05, 4.69) is 12.1 Å². The van der Waals surface area contributed by atoms with Crippen molar-refractivity contribution < 1.29 is 5.11 Å². The van der Waals surface area contributed by atoms with Crippen molar-refractivity contribution in [2.45, 2.75) is 25.4 Å². The number of aliphatic hydroxyl groups is 1. The zero-order valence-corrected chi connectivity index (χ0v) is 8.32. The summed E-state index contributed by atoms with van der Waals surface area (Å²) in [4.78, 5) is 0. The molecule has 1 saturated carbocycles. The van der Waals surface area contributed by atoms with Crippen LogP contribution in [0.25, 0.3) is 0 Å². The summed E-state index contributed by atoms with van der Waals surface area (Å²) >= 11 is 0. The number of hydrogen-bond acceptors (Lipinski definition) is 2. The Kier molecular flexibility index (Phi) is 2.85. The topological polar surface area (TPSA) is 46.2 Å². The summed E-state index contributed by atoms with van der Waals surface area (Å²) in [6.07, 6.45) is 2.98. The number of hydrogen-bond donors (Lipinski definition) is 2. The van der Waals surface area contributed by atoms with E-state index in [-0.39, 0.29) is 6.10 Å². The fraction of sp³-hybridized carbons (Fsp3) is 0.500. The minimum atomic E-state index is -0.257. The number of nitrogens with two attached hydrogens (primary N) is 1. The van der Waals surface area contributed by atoms with Crippen LogP contribution < -0.4 is 5.73 Å². The van der Waals surface area contributed by atoms with Gasteiger partial charge in [-0.15, -0.1) is 0 Å². The molecule has 2 rings (SSSR count). The molecule has 1 unspecified atom stereocenters. The zero-order chi connectivity index (χ0) is 9.97. The Labute approximate surface area is 84.7 Å². The van der Waals surface area contributed by atoms with Crippen molar-refractivity contribution in [3.8, 4) is 0 Å². The number of rotatable bonds is 4. The first-order valence-electron chi connectivity index (χ1n) is 5.28. The van der Waals surface area contributed by atoms with E-state index in [1.165, 1.54) is 18.4 Å². The number of benzene rings is 1. The van der Waals surface area contributed by atoms with E-state index in [9.17, 15) is 5.11 Å². The van der Waals surface area contributed by atoms with Gasteiger partial charge in [-0.2, -0.15) is 0 Å². The monoisotopic (exact) mass is 191 g/mol. The van der Waals surface area contributed by atoms with E-state index >= 15 is 0 Å². The lowest BCUT2D eigenvalue weighted by Gasteiger charge is -2.10. The van der Waals surface area contributed by atoms with Crippen LogP contribution in [0, 0.1) is 5.92 Å². The predicted molar refractivity (Wildman–Crippen MR) is 56.9 cm³/mol. The number of aliphatic hydroxyl groups excluding tert-OH is 1. The van der Waals surface area contributed by atoms with Gasteiger partial charge in [-0.1, -0.05) is 24.3 Å². The van der Waals surface area contributed by atoms with Gasteiger partial charge in [-0.25, -0.2) is 0 Å². The van der Waals surface area contributed by atoms with Gasteiger partial charge in [0, 0.05) is 0 Å². The maximum absolute atomic E-state index is 9.92. The maximum Gasteiger partial charge on any atom is 0.0818 e. The van der Waals surface area contributed by atoms with Crippen molar-refractivity contribution >= 4 is 0 Å². The van der Waals surface area contributed by atoms with Crippen molar-refractivity contribution in [3.63, 3.8) is 0 Å². The highest BCUT2D eigenvalue weighted by Gasteiger charge is 2.30. The third-order valence-corrected chi connectivity index (χ3v) is 2.79. The molecule has 2 heteroatoms. The average Bonchev–Trinajstić information content (AvgIpc) is 3.01. The Balaban J connectivity index is 2.12. The maximum atomic E-state index is 9.92. The summed E-state index contributed by atoms with van der Waals surface area (Å²) in [6, 6.07) is 8.15. The van der Waals surface area contributed by atoms with E-state index in [0.717, 1.165) is 12.0 Å². The Morgan fingerprint density at radius 1 is 1.43 bits per heavy atom. The van der Waals surface area contributed by atoms with Crippen LogP contribution in [-0.4, -0.2) is 11.7 Å². The minimum absolute atomic E-state index is 0.257. The van der Waals surface area contributed by atoms with Gasteiger partial charge < -0.3 is 10.8 Å². The predicted octanol–water partition coefficient (Wildman–Crippen LogP) is 1.63. The van der Waals surface area contributed by atoms with Gasteiger partial charge in [0.25, 0.3) is 0 Å². The van der Waals surface area contributed by atoms with Gasteiger partial charge in [0.15, 0.2) is 0 Å². The molecule has 0 saturated heterocycles. The Morgan fingerprint density at radius 3 is 2.86 bits per heavy atom. The molecule has 1 fully saturated rings. The van der Waals surface area contributed by atoms with Gasteiger partial charge in [-0.05, 0) is 42.9 Å². The Morgan fingerprint density at radius 2 is 2.21 bits per heavy atom. The lowest BCUT2D eigenvalue weighted by Crippen LogP contribution is -2.04. The molecule has 0 bridgehead atoms. The molecular formula is C12H17NO. The highest BCUT2D eigenvalue weighted by atomic mass is 16.3. The molecule has 1 atom stereocenters. The van der Waals surface area contributed by atoms with Crippen molar-refractivity contribution in [2.24, 2.45) is 11.7 Å². The van der Waals surface area contributed by atoms with E-state index < -0.39 is 0 Å². The van der Waals surface area contributed by atoms with Crippen LogP contribution in [0.15, 0.2) is 24.3 Å². The van der Waals surface area contributed by atoms with Gasteiger partial charge in [0.1, 0.15) is 0 Å². The van der Waals surface area contributed by atoms with E-state index in [1.54, 1.807) is 0 Å². The summed E-state index contributed by atoms with van der Waals surface area (Å²) in [6.45, 7) is 0.670. The van der Waals surface area contributed by atoms with Crippen LogP contribution in [0.1, 0.15) is 30.1 Å². The summed E-state index contributed by atoms with van der Waals surface area (Å²) in [5.74, 6) is 0.503. The van der Waals surface area contributed by atoms with Gasteiger partial charge in [0.05, 0.1) is 6.10 Å². The van der Waals surface area contributed by atoms with Crippen molar-refractivity contribution in [3.05, 3.63) is 35.4 Å². The first-order valence-corrected chi connectivity index (χ1v) is 5.28. The molecule has 1 aliphatic carbocycles. The lowest BCUT2D eigenvalue weighted by atomic mass is 10.0. The van der Waals surface area contributed by atoms with Gasteiger partial charge in [0.2, 0.25) is 0 Å². The second-order valence-electron chi connectivity index (χ2n) is 4.07. The van der Waals surface area contributed by atoms with Crippen molar-refractivity contribution in [2.75, 3.05) is 6.54 Å². The molecule has 76 valence electrons. The van der Waals surface area contributed by atoms with Crippen LogP contribution in [-0.2, 0) is 6.42 Å². The highest BCUT2D eigenvalue weighted by molar-refractivity contribution is 5.26. The van der Waals surface area contributed by atoms with Gasteiger partial charge in [-0.3, -0.25) is 0 Å².